The first-order valence-corrected chi connectivity index (χ1v) is 16.7. The van der Waals surface area contributed by atoms with Crippen molar-refractivity contribution in [2.75, 3.05) is 21.3 Å². The van der Waals surface area contributed by atoms with Crippen LogP contribution in [0.1, 0.15) is 71.7 Å². The molecule has 0 spiro atoms. The van der Waals surface area contributed by atoms with E-state index in [1.54, 1.807) is 20.8 Å². The van der Waals surface area contributed by atoms with E-state index in [1.807, 2.05) is 0 Å². The highest BCUT2D eigenvalue weighted by Gasteiger charge is 2.39. The minimum atomic E-state index is -5.28. The quantitative estimate of drug-likeness (QED) is 0.0868. The maximum Gasteiger partial charge on any atom is 0.514 e. The molecule has 0 aliphatic rings. The zero-order valence-corrected chi connectivity index (χ0v) is 30.9. The van der Waals surface area contributed by atoms with E-state index in [9.17, 15) is 48.7 Å². The lowest BCUT2D eigenvalue weighted by molar-refractivity contribution is -0.143. The first kappa shape index (κ1) is 43.5. The van der Waals surface area contributed by atoms with Crippen molar-refractivity contribution in [3.8, 4) is 34.1 Å². The summed E-state index contributed by atoms with van der Waals surface area (Å²) in [4.78, 5) is 13.3. The molecule has 4 aromatic rings. The van der Waals surface area contributed by atoms with Gasteiger partial charge < -0.3 is 29.0 Å². The van der Waals surface area contributed by atoms with Crippen molar-refractivity contribution in [3.05, 3.63) is 105 Å². The molecular weight excluding hydrogens is 768 g/mol. The summed E-state index contributed by atoms with van der Waals surface area (Å²) in [6, 6.07) is 7.02. The van der Waals surface area contributed by atoms with Gasteiger partial charge in [0.15, 0.2) is 11.5 Å². The first-order valence-electron chi connectivity index (χ1n) is 16.7. The van der Waals surface area contributed by atoms with Crippen LogP contribution in [0.25, 0.3) is 11.1 Å². The van der Waals surface area contributed by atoms with Crippen LogP contribution in [0.2, 0.25) is 0 Å². The Balaban J connectivity index is 1.83. The molecule has 0 bridgehead atoms. The summed E-state index contributed by atoms with van der Waals surface area (Å²) < 4.78 is 167. The molecule has 0 amide bonds. The molecule has 56 heavy (non-hydrogen) atoms. The molecule has 0 saturated heterocycles. The summed E-state index contributed by atoms with van der Waals surface area (Å²) in [5, 5.41) is 2.79. The summed E-state index contributed by atoms with van der Waals surface area (Å²) in [7, 11) is 3.83. The standard InChI is InChI=1S/C39H37F10NO6/c1-19(2)28-16-29(33(53-6)17-30(28)40)27-9-8-24(37(41,42)43)14-23(27)18-50-21(4)35(22-12-25(38(44,45)46)15-26(13-22)39(47,48)49)56-36(51)55-32-11-10-31(52-5)20(3)34(32)54-7/h8-17,19,21,35,50H,18H2,1-7H3/t21-,35-/m0/s1. The molecule has 0 aliphatic heterocycles. The average Bonchev–Trinajstić information content (AvgIpc) is 3.11. The van der Waals surface area contributed by atoms with Gasteiger partial charge in [-0.2, -0.15) is 39.5 Å². The summed E-state index contributed by atoms with van der Waals surface area (Å²) in [6.45, 7) is 5.65. The van der Waals surface area contributed by atoms with E-state index in [0.29, 0.717) is 23.4 Å². The maximum atomic E-state index is 14.9. The van der Waals surface area contributed by atoms with Crippen molar-refractivity contribution in [1.82, 2.24) is 5.32 Å². The molecule has 1 N–H and O–H groups in total. The van der Waals surface area contributed by atoms with Gasteiger partial charge in [0.25, 0.3) is 0 Å². The molecule has 304 valence electrons. The number of ether oxygens (including phenoxy) is 5. The van der Waals surface area contributed by atoms with Gasteiger partial charge in [0, 0.05) is 29.8 Å². The molecule has 0 radical (unpaired) electrons. The molecule has 2 atom stereocenters. The zero-order valence-electron chi connectivity index (χ0n) is 30.9. The van der Waals surface area contributed by atoms with Crippen LogP contribution in [0.3, 0.4) is 0 Å². The second-order valence-electron chi connectivity index (χ2n) is 12.9. The molecule has 0 saturated carbocycles. The molecule has 0 fully saturated rings. The summed E-state index contributed by atoms with van der Waals surface area (Å²) in [5.74, 6) is -0.930. The molecule has 0 heterocycles. The first-order chi connectivity index (χ1) is 26.0. The van der Waals surface area contributed by atoms with Crippen LogP contribution in [0.5, 0.6) is 23.0 Å². The smallest absolute Gasteiger partial charge is 0.496 e. The van der Waals surface area contributed by atoms with Crippen molar-refractivity contribution < 1.29 is 72.4 Å². The molecule has 0 aliphatic carbocycles. The Morgan fingerprint density at radius 1 is 0.679 bits per heavy atom. The van der Waals surface area contributed by atoms with E-state index in [-0.39, 0.29) is 51.5 Å². The van der Waals surface area contributed by atoms with Crippen LogP contribution in [0.4, 0.5) is 48.7 Å². The Morgan fingerprint density at radius 3 is 1.77 bits per heavy atom. The van der Waals surface area contributed by atoms with Gasteiger partial charge in [-0.25, -0.2) is 9.18 Å². The van der Waals surface area contributed by atoms with E-state index in [0.717, 1.165) is 24.3 Å². The SMILES string of the molecule is COc1cc(F)c(C(C)C)cc1-c1ccc(C(F)(F)F)cc1CN[C@@H](C)[C@H](OC(=O)Oc1ccc(OC)c(C)c1OC)c1cc(C(F)(F)F)cc(C(F)(F)F)c1. The number of alkyl halides is 9. The normalized spacial score (nSPS) is 13.3. The summed E-state index contributed by atoms with van der Waals surface area (Å²) in [5.41, 5.74) is -4.45. The number of halogens is 10. The van der Waals surface area contributed by atoms with Crippen LogP contribution in [-0.4, -0.2) is 33.5 Å². The highest BCUT2D eigenvalue weighted by molar-refractivity contribution is 5.75. The summed E-state index contributed by atoms with van der Waals surface area (Å²) >= 11 is 0. The average molecular weight is 806 g/mol. The molecule has 0 unspecified atom stereocenters. The van der Waals surface area contributed by atoms with Crippen molar-refractivity contribution in [3.63, 3.8) is 0 Å². The second-order valence-corrected chi connectivity index (χ2v) is 12.9. The van der Waals surface area contributed by atoms with E-state index < -0.39 is 71.4 Å². The van der Waals surface area contributed by atoms with E-state index in [1.165, 1.54) is 46.5 Å². The highest BCUT2D eigenvalue weighted by atomic mass is 19.4. The van der Waals surface area contributed by atoms with Gasteiger partial charge in [-0.1, -0.05) is 19.9 Å². The third-order valence-electron chi connectivity index (χ3n) is 8.83. The van der Waals surface area contributed by atoms with Crippen molar-refractivity contribution >= 4 is 6.16 Å². The Morgan fingerprint density at radius 2 is 1.25 bits per heavy atom. The fourth-order valence-electron chi connectivity index (χ4n) is 5.97. The minimum absolute atomic E-state index is 0.00336. The minimum Gasteiger partial charge on any atom is -0.496 e. The fraction of sp³-hybridized carbons (Fsp3) is 0.359. The summed E-state index contributed by atoms with van der Waals surface area (Å²) in [6.07, 6.45) is -18.9. The van der Waals surface area contributed by atoms with Gasteiger partial charge in [-0.3, -0.25) is 0 Å². The Labute approximate surface area is 315 Å². The Kier molecular flexibility index (Phi) is 13.1. The van der Waals surface area contributed by atoms with Crippen molar-refractivity contribution in [2.45, 2.75) is 70.8 Å². The fourth-order valence-corrected chi connectivity index (χ4v) is 5.97. The largest absolute Gasteiger partial charge is 0.514 e. The van der Waals surface area contributed by atoms with E-state index in [4.69, 9.17) is 23.7 Å². The van der Waals surface area contributed by atoms with Crippen LogP contribution in [-0.2, 0) is 29.8 Å². The van der Waals surface area contributed by atoms with Crippen LogP contribution in [0.15, 0.2) is 60.7 Å². The number of hydrogen-bond acceptors (Lipinski definition) is 7. The number of hydrogen-bond donors (Lipinski definition) is 1. The van der Waals surface area contributed by atoms with Gasteiger partial charge in [0.2, 0.25) is 0 Å². The lowest BCUT2D eigenvalue weighted by atomic mass is 9.92. The second kappa shape index (κ2) is 16.9. The highest BCUT2D eigenvalue weighted by Crippen LogP contribution is 2.42. The predicted octanol–water partition coefficient (Wildman–Crippen LogP) is 11.4. The monoisotopic (exact) mass is 805 g/mol. The van der Waals surface area contributed by atoms with Crippen LogP contribution < -0.4 is 24.3 Å². The number of rotatable bonds is 12. The number of methoxy groups -OCH3 is 3. The van der Waals surface area contributed by atoms with Gasteiger partial charge in [0.1, 0.15) is 23.4 Å². The van der Waals surface area contributed by atoms with Crippen LogP contribution in [0, 0.1) is 12.7 Å². The van der Waals surface area contributed by atoms with Crippen LogP contribution >= 0.6 is 0 Å². The Bertz CT molecular complexity index is 2010. The molecule has 4 rings (SSSR count). The Hall–Kier alpha value is -5.19. The maximum absolute atomic E-state index is 14.9. The third kappa shape index (κ3) is 9.97. The molecule has 0 aromatic heterocycles. The van der Waals surface area contributed by atoms with E-state index in [2.05, 4.69) is 5.32 Å². The number of carbonyl (C=O) groups is 1. The lowest BCUT2D eigenvalue weighted by Gasteiger charge is -2.27. The van der Waals surface area contributed by atoms with Gasteiger partial charge >= 0.3 is 24.7 Å². The van der Waals surface area contributed by atoms with Crippen molar-refractivity contribution in [1.29, 1.82) is 0 Å². The molecule has 4 aromatic carbocycles. The predicted molar refractivity (Wildman–Crippen MR) is 184 cm³/mol. The van der Waals surface area contributed by atoms with Gasteiger partial charge in [-0.05, 0) is 90.6 Å². The number of carbonyl (C=O) groups excluding carboxylic acids is 1. The topological polar surface area (TPSA) is 75.3 Å². The molecule has 7 nitrogen and oxygen atoms in total. The number of benzene rings is 4. The molecular formula is C39H37F10NO6. The zero-order chi connectivity index (χ0) is 41.9. The van der Waals surface area contributed by atoms with Crippen molar-refractivity contribution in [2.24, 2.45) is 0 Å². The van der Waals surface area contributed by atoms with Gasteiger partial charge in [-0.15, -0.1) is 0 Å². The molecule has 17 heteroatoms. The number of nitrogens with one attached hydrogen (secondary N) is 1. The van der Waals surface area contributed by atoms with E-state index >= 15 is 0 Å². The lowest BCUT2D eigenvalue weighted by Crippen LogP contribution is -2.35. The third-order valence-corrected chi connectivity index (χ3v) is 8.83. The van der Waals surface area contributed by atoms with Gasteiger partial charge in [0.05, 0.1) is 38.0 Å².